The molecule has 5 atom stereocenters. The molecule has 6 N–H and O–H groups in total. The van der Waals surface area contributed by atoms with Gasteiger partial charge in [-0.25, -0.2) is 10.2 Å². The summed E-state index contributed by atoms with van der Waals surface area (Å²) in [5.74, 6) is -2.85. The minimum atomic E-state index is -3.33. The number of likely N-dealkylation sites (N-methyl/N-ethyl adjacent to an activating group) is 1. The highest BCUT2D eigenvalue weighted by Gasteiger charge is 2.42. The number of carboxylic acids is 1. The van der Waals surface area contributed by atoms with Crippen LogP contribution in [0.15, 0.2) is 66.9 Å². The zero-order chi connectivity index (χ0) is 48.8. The lowest BCUT2D eigenvalue weighted by atomic mass is 9.84. The molecular formula is C49H69N7O10S. The molecule has 17 nitrogen and oxygen atoms in total. The summed E-state index contributed by atoms with van der Waals surface area (Å²) < 4.78 is 37.0. The van der Waals surface area contributed by atoms with E-state index in [9.17, 15) is 38.5 Å². The standard InChI is InChI=1S/C49H69N7O10S/c1-9-55-41-20-19-34(25-37(41)38(27-49(5,6)30-57)44(55)36-17-13-21-50-42(36)32(4)65-8)54-23-24-67(63,64)35(28-54)26-40(46(59)56-22-14-18-39(52-56)47(60)61)51-45(58)43(31(2)3)53(7)48(62)66-29-33-15-11-10-12-16-33/h10-13,15-17,19-21,25,31-32,35,39-40,43,52,57,63-64H,9,14,18,22-24,26-30H2,1-8H3,(H,51,58)(H,60,61)/t32-,35?,39-,40?,43?/m0/s1. The van der Waals surface area contributed by atoms with Crippen molar-refractivity contribution < 1.29 is 48.0 Å². The predicted octanol–water partition coefficient (Wildman–Crippen LogP) is 6.68. The number of nitrogens with zero attached hydrogens (tertiary/aromatic N) is 5. The summed E-state index contributed by atoms with van der Waals surface area (Å²) in [6, 6.07) is 15.8. The number of aliphatic carboxylic acids is 1. The van der Waals surface area contributed by atoms with Crippen LogP contribution < -0.4 is 15.6 Å². The zero-order valence-corrected chi connectivity index (χ0v) is 40.8. The Kier molecular flexibility index (Phi) is 16.6. The van der Waals surface area contributed by atoms with Crippen LogP contribution in [0.1, 0.15) is 83.7 Å². The number of carboxylic acid groups (broad SMARTS) is 1. The lowest BCUT2D eigenvalue weighted by molar-refractivity contribution is -0.149. The molecule has 366 valence electrons. The quantitative estimate of drug-likeness (QED) is 0.0614. The minimum Gasteiger partial charge on any atom is -0.480 e. The number of hydrazine groups is 1. The molecule has 3 amide bonds. The molecule has 0 saturated carbocycles. The third-order valence-corrected chi connectivity index (χ3v) is 15.2. The van der Waals surface area contributed by atoms with E-state index in [0.717, 1.165) is 44.7 Å². The normalized spacial score (nSPS) is 19.4. The molecule has 18 heteroatoms. The molecule has 0 aliphatic carbocycles. The van der Waals surface area contributed by atoms with Crippen molar-refractivity contribution in [1.82, 2.24) is 30.2 Å². The van der Waals surface area contributed by atoms with Gasteiger partial charge in [0.1, 0.15) is 24.7 Å². The Bertz CT molecular complexity index is 2380. The van der Waals surface area contributed by atoms with Crippen LogP contribution in [-0.4, -0.2) is 132 Å². The second kappa shape index (κ2) is 21.8. The Hall–Kier alpha value is -5.24. The number of carbonyl (C=O) groups is 4. The Morgan fingerprint density at radius 2 is 1.78 bits per heavy atom. The number of nitrogens with one attached hydrogen (secondary N) is 2. The van der Waals surface area contributed by atoms with E-state index in [1.807, 2.05) is 69.3 Å². The lowest BCUT2D eigenvalue weighted by Gasteiger charge is -2.49. The van der Waals surface area contributed by atoms with Gasteiger partial charge in [-0.15, -0.1) is 0 Å². The summed E-state index contributed by atoms with van der Waals surface area (Å²) >= 11 is 0. The fourth-order valence-corrected chi connectivity index (χ4v) is 11.0. The number of aliphatic hydroxyl groups excluding tert-OH is 1. The van der Waals surface area contributed by atoms with E-state index in [4.69, 9.17) is 14.5 Å². The van der Waals surface area contributed by atoms with Gasteiger partial charge in [0, 0.05) is 75.3 Å². The highest BCUT2D eigenvalue weighted by atomic mass is 32.3. The van der Waals surface area contributed by atoms with Crippen molar-refractivity contribution in [2.24, 2.45) is 11.3 Å². The molecule has 6 rings (SSSR count). The summed E-state index contributed by atoms with van der Waals surface area (Å²) in [4.78, 5) is 62.3. The van der Waals surface area contributed by atoms with Gasteiger partial charge >= 0.3 is 12.1 Å². The number of benzene rings is 2. The number of aryl methyl sites for hydroxylation is 1. The molecule has 4 aromatic rings. The third kappa shape index (κ3) is 11.7. The predicted molar refractivity (Wildman–Crippen MR) is 260 cm³/mol. The number of hydrogen-bond donors (Lipinski definition) is 6. The van der Waals surface area contributed by atoms with Crippen LogP contribution in [0.5, 0.6) is 0 Å². The van der Waals surface area contributed by atoms with Gasteiger partial charge in [0.15, 0.2) is 0 Å². The average molecular weight is 948 g/mol. The maximum atomic E-state index is 14.5. The molecule has 3 unspecified atom stereocenters. The van der Waals surface area contributed by atoms with Crippen LogP contribution in [0.4, 0.5) is 10.5 Å². The van der Waals surface area contributed by atoms with Gasteiger partial charge in [0.05, 0.1) is 28.5 Å². The largest absolute Gasteiger partial charge is 0.480 e. The van der Waals surface area contributed by atoms with E-state index in [2.05, 4.69) is 39.3 Å². The number of carbonyl (C=O) groups excluding carboxylic acids is 3. The molecule has 2 aliphatic rings. The lowest BCUT2D eigenvalue weighted by Crippen LogP contribution is -2.62. The number of rotatable bonds is 18. The number of ether oxygens (including phenoxy) is 2. The van der Waals surface area contributed by atoms with E-state index in [-0.39, 0.29) is 44.6 Å². The van der Waals surface area contributed by atoms with Crippen molar-refractivity contribution in [3.63, 3.8) is 0 Å². The van der Waals surface area contributed by atoms with E-state index in [1.165, 1.54) is 17.0 Å². The molecule has 2 aliphatic heterocycles. The molecule has 67 heavy (non-hydrogen) atoms. The number of fused-ring (bicyclic) bond motifs is 1. The number of anilines is 1. The summed E-state index contributed by atoms with van der Waals surface area (Å²) in [5, 5.41) is 24.5. The minimum absolute atomic E-state index is 0.00218. The van der Waals surface area contributed by atoms with E-state index in [0.29, 0.717) is 32.4 Å². The van der Waals surface area contributed by atoms with Crippen LogP contribution in [0.2, 0.25) is 0 Å². The second-order valence-corrected chi connectivity index (χ2v) is 21.4. The molecule has 2 aromatic carbocycles. The van der Waals surface area contributed by atoms with Crippen molar-refractivity contribution in [2.45, 2.75) is 110 Å². The Morgan fingerprint density at radius 1 is 1.04 bits per heavy atom. The topological polar surface area (TPSA) is 219 Å². The monoisotopic (exact) mass is 947 g/mol. The van der Waals surface area contributed by atoms with Crippen molar-refractivity contribution >= 4 is 51.1 Å². The molecular weight excluding hydrogens is 879 g/mol. The van der Waals surface area contributed by atoms with Gasteiger partial charge in [-0.3, -0.25) is 38.4 Å². The molecule has 0 bridgehead atoms. The van der Waals surface area contributed by atoms with Crippen molar-refractivity contribution in [3.8, 4) is 11.3 Å². The number of hydrogen-bond acceptors (Lipinski definition) is 12. The Balaban J connectivity index is 1.34. The van der Waals surface area contributed by atoms with Gasteiger partial charge in [0.2, 0.25) is 5.91 Å². The van der Waals surface area contributed by atoms with Crippen LogP contribution in [0, 0.1) is 11.3 Å². The van der Waals surface area contributed by atoms with E-state index < -0.39 is 69.2 Å². The summed E-state index contributed by atoms with van der Waals surface area (Å²) in [5.41, 5.74) is 8.61. The fourth-order valence-electron chi connectivity index (χ4n) is 9.26. The smallest absolute Gasteiger partial charge is 0.410 e. The highest BCUT2D eigenvalue weighted by molar-refractivity contribution is 8.24. The van der Waals surface area contributed by atoms with Crippen LogP contribution >= 0.6 is 10.6 Å². The number of methoxy groups -OCH3 is 1. The fraction of sp³-hybridized carbons (Fsp3) is 0.531. The molecule has 2 saturated heterocycles. The number of aromatic nitrogens is 2. The SMILES string of the molecule is CCn1c(-c2cccnc2[C@H](C)OC)c(CC(C)(C)CO)c2cc(N3CCS(O)(O)C(CC(NC(=O)C(C(C)C)N(C)C(=O)OCc4ccccc4)C(=O)N4CCC[C@@H](C(=O)O)N4)C3)ccc21. The van der Waals surface area contributed by atoms with E-state index in [1.54, 1.807) is 27.2 Å². The number of aliphatic hydroxyl groups is 1. The molecule has 4 heterocycles. The Labute approximate surface area is 395 Å². The molecule has 0 radical (unpaired) electrons. The Morgan fingerprint density at radius 3 is 2.43 bits per heavy atom. The third-order valence-electron chi connectivity index (χ3n) is 13.0. The second-order valence-electron chi connectivity index (χ2n) is 18.9. The summed E-state index contributed by atoms with van der Waals surface area (Å²) in [7, 11) is -0.227. The summed E-state index contributed by atoms with van der Waals surface area (Å²) in [6.07, 6.45) is 1.75. The van der Waals surface area contributed by atoms with Crippen LogP contribution in [0.3, 0.4) is 0 Å². The number of amides is 3. The van der Waals surface area contributed by atoms with Crippen LogP contribution in [0.25, 0.3) is 22.2 Å². The van der Waals surface area contributed by atoms with Gasteiger partial charge < -0.3 is 34.5 Å². The first kappa shape index (κ1) is 51.2. The maximum absolute atomic E-state index is 14.5. The van der Waals surface area contributed by atoms with Crippen LogP contribution in [-0.2, 0) is 43.4 Å². The summed E-state index contributed by atoms with van der Waals surface area (Å²) in [6.45, 7) is 12.8. The first-order chi connectivity index (χ1) is 31.8. The van der Waals surface area contributed by atoms with Gasteiger partial charge in [-0.2, -0.15) is 10.6 Å². The maximum Gasteiger partial charge on any atom is 0.410 e. The molecule has 2 aromatic heterocycles. The highest BCUT2D eigenvalue weighted by Crippen LogP contribution is 2.50. The average Bonchev–Trinajstić information content (AvgIpc) is 3.61. The van der Waals surface area contributed by atoms with Gasteiger partial charge in [-0.1, -0.05) is 58.0 Å². The van der Waals surface area contributed by atoms with Crippen molar-refractivity contribution in [2.75, 3.05) is 51.1 Å². The first-order valence-corrected chi connectivity index (χ1v) is 24.9. The van der Waals surface area contributed by atoms with Gasteiger partial charge in [0.25, 0.3) is 5.91 Å². The first-order valence-electron chi connectivity index (χ1n) is 23.1. The van der Waals surface area contributed by atoms with Crippen molar-refractivity contribution in [3.05, 3.63) is 83.7 Å². The molecule has 0 spiro atoms. The van der Waals surface area contributed by atoms with Gasteiger partial charge in [-0.05, 0) is 92.3 Å². The number of pyridine rings is 1. The van der Waals surface area contributed by atoms with E-state index >= 15 is 0 Å². The molecule has 2 fully saturated rings. The van der Waals surface area contributed by atoms with Crippen molar-refractivity contribution in [1.29, 1.82) is 0 Å². The zero-order valence-electron chi connectivity index (χ0n) is 40.0.